The first-order chi connectivity index (χ1) is 12.4. The molecule has 0 fully saturated rings. The average Bonchev–Trinajstić information content (AvgIpc) is 2.34. The lowest BCUT2D eigenvalue weighted by Crippen LogP contribution is -2.28. The van der Waals surface area contributed by atoms with Crippen molar-refractivity contribution in [2.24, 2.45) is 0 Å². The molecule has 0 unspecified atom stereocenters. The number of hydrogen-bond acceptors (Lipinski definition) is 7. The van der Waals surface area contributed by atoms with Crippen molar-refractivity contribution < 1.29 is 57.4 Å². The lowest BCUT2D eigenvalue weighted by molar-refractivity contribution is 0.264. The Labute approximate surface area is 168 Å². The Morgan fingerprint density at radius 2 is 0.655 bits per heavy atom. The van der Waals surface area contributed by atoms with Crippen LogP contribution in [0.1, 0.15) is 25.7 Å². The van der Waals surface area contributed by atoms with Crippen LogP contribution in [0.4, 0.5) is 0 Å². The summed E-state index contributed by atoms with van der Waals surface area (Å²) < 4.78 is 44.1. The number of hydrogen-bond donors (Lipinski definition) is 9. The molecule has 0 aliphatic carbocycles. The van der Waals surface area contributed by atoms with Gasteiger partial charge in [-0.1, -0.05) is 12.8 Å². The summed E-state index contributed by atoms with van der Waals surface area (Å²) in [5, 5.41) is 0. The molecule has 19 heteroatoms. The zero-order chi connectivity index (χ0) is 22.2. The molecule has 0 heterocycles. The van der Waals surface area contributed by atoms with E-state index in [1.54, 1.807) is 0 Å². The van der Waals surface area contributed by atoms with E-state index in [1.807, 2.05) is 0 Å². The highest BCUT2D eigenvalue weighted by Crippen LogP contribution is 2.42. The van der Waals surface area contributed by atoms with Gasteiger partial charge in [-0.05, 0) is 25.9 Å². The fraction of sp³-hybridized carbons (Fsp3) is 1.00. The van der Waals surface area contributed by atoms with Crippen LogP contribution in [-0.2, 0) is 18.3 Å². The van der Waals surface area contributed by atoms with Crippen molar-refractivity contribution >= 4 is 30.4 Å². The van der Waals surface area contributed by atoms with Crippen LogP contribution in [0.15, 0.2) is 0 Å². The Morgan fingerprint density at radius 3 is 0.828 bits per heavy atom. The number of nitrogens with zero attached hydrogens (tertiary/aromatic N) is 2. The van der Waals surface area contributed by atoms with E-state index in [0.717, 1.165) is 9.80 Å². The van der Waals surface area contributed by atoms with Crippen molar-refractivity contribution in [2.75, 3.05) is 38.2 Å². The summed E-state index contributed by atoms with van der Waals surface area (Å²) in [6, 6.07) is 0. The third kappa shape index (κ3) is 23.0. The summed E-state index contributed by atoms with van der Waals surface area (Å²) in [5.74, 6) is 0. The molecule has 15 nitrogen and oxygen atoms in total. The van der Waals surface area contributed by atoms with Gasteiger partial charge in [0.25, 0.3) is 0 Å². The molecule has 178 valence electrons. The van der Waals surface area contributed by atoms with Gasteiger partial charge in [-0.15, -0.1) is 0 Å². The smallest absolute Gasteiger partial charge is 0.339 e. The molecule has 0 rings (SSSR count). The Balaban J connectivity index is 0. The maximum Gasteiger partial charge on any atom is 0.339 e. The van der Waals surface area contributed by atoms with Gasteiger partial charge in [-0.25, -0.2) is 0 Å². The van der Waals surface area contributed by atoms with E-state index < -0.39 is 55.5 Å². The van der Waals surface area contributed by atoms with Gasteiger partial charge in [0, 0.05) is 0 Å². The fourth-order valence-corrected chi connectivity index (χ4v) is 5.80. The standard InChI is InChI=1S/C10H28N2O12P4.H3N/c13-25(14,15)7-11(8-26(16,17)18)5-3-1-2-4-6-12(9-27(19,20)21)10-28(22,23)24;/h1-10H2,(H2,13,14,15)(H2,16,17,18)(H2,19,20,21)(H2,22,23,24);1H3. The van der Waals surface area contributed by atoms with Gasteiger partial charge in [-0.2, -0.15) is 0 Å². The van der Waals surface area contributed by atoms with Crippen molar-refractivity contribution in [2.45, 2.75) is 25.7 Å². The zero-order valence-electron chi connectivity index (χ0n) is 15.7. The van der Waals surface area contributed by atoms with Crippen molar-refractivity contribution in [3.63, 3.8) is 0 Å². The summed E-state index contributed by atoms with van der Waals surface area (Å²) in [6.07, 6.45) is -1.55. The van der Waals surface area contributed by atoms with Crippen LogP contribution in [0, 0.1) is 0 Å². The summed E-state index contributed by atoms with van der Waals surface area (Å²) in [4.78, 5) is 73.6. The van der Waals surface area contributed by atoms with Crippen molar-refractivity contribution in [3.05, 3.63) is 0 Å². The monoisotopic (exact) mass is 509 g/mol. The predicted octanol–water partition coefficient (Wildman–Crippen LogP) is -0.146. The number of unbranched alkanes of at least 4 members (excludes halogenated alkanes) is 3. The van der Waals surface area contributed by atoms with E-state index in [1.165, 1.54) is 0 Å². The van der Waals surface area contributed by atoms with E-state index in [2.05, 4.69) is 0 Å². The SMILES string of the molecule is N.O=P(O)(O)CN(CCCCCCN(CP(=O)(O)O)CP(=O)(O)O)CP(=O)(O)O. The highest BCUT2D eigenvalue weighted by Gasteiger charge is 2.26. The second-order valence-electron chi connectivity index (χ2n) is 6.43. The van der Waals surface area contributed by atoms with Gasteiger partial charge >= 0.3 is 30.4 Å². The van der Waals surface area contributed by atoms with Crippen LogP contribution in [0.25, 0.3) is 0 Å². The van der Waals surface area contributed by atoms with Crippen LogP contribution in [0.3, 0.4) is 0 Å². The Morgan fingerprint density at radius 1 is 0.448 bits per heavy atom. The van der Waals surface area contributed by atoms with E-state index in [0.29, 0.717) is 25.7 Å². The second-order valence-corrected chi connectivity index (χ2v) is 12.9. The first kappa shape index (κ1) is 31.7. The Bertz CT molecular complexity index is 550. The lowest BCUT2D eigenvalue weighted by Gasteiger charge is -2.23. The molecular weight excluding hydrogens is 478 g/mol. The fourth-order valence-electron chi connectivity index (χ4n) is 2.44. The molecule has 0 bridgehead atoms. The molecule has 0 aromatic carbocycles. The molecule has 0 aliphatic rings. The van der Waals surface area contributed by atoms with E-state index in [-0.39, 0.29) is 19.2 Å². The van der Waals surface area contributed by atoms with Gasteiger partial charge in [0.05, 0.1) is 0 Å². The van der Waals surface area contributed by atoms with E-state index in [4.69, 9.17) is 39.1 Å². The Hall–Kier alpha value is 0.480. The lowest BCUT2D eigenvalue weighted by atomic mass is 10.2. The van der Waals surface area contributed by atoms with E-state index in [9.17, 15) is 18.3 Å². The molecule has 0 aromatic heterocycles. The van der Waals surface area contributed by atoms with Gasteiger partial charge in [0.15, 0.2) is 0 Å². The normalized spacial score (nSPS) is 13.7. The van der Waals surface area contributed by atoms with Crippen LogP contribution >= 0.6 is 30.4 Å². The van der Waals surface area contributed by atoms with Crippen molar-refractivity contribution in [3.8, 4) is 0 Å². The first-order valence-electron chi connectivity index (χ1n) is 7.99. The van der Waals surface area contributed by atoms with Crippen molar-refractivity contribution in [1.29, 1.82) is 0 Å². The van der Waals surface area contributed by atoms with Gasteiger partial charge in [0.1, 0.15) is 25.1 Å². The molecular formula is C10H31N3O12P4. The van der Waals surface area contributed by atoms with Crippen LogP contribution < -0.4 is 6.15 Å². The predicted molar refractivity (Wildman–Crippen MR) is 105 cm³/mol. The molecule has 29 heavy (non-hydrogen) atoms. The zero-order valence-corrected chi connectivity index (χ0v) is 19.2. The maximum atomic E-state index is 11.0. The summed E-state index contributed by atoms with van der Waals surface area (Å²) in [6.45, 7) is 0.0375. The minimum absolute atomic E-state index is 0. The third-order valence-electron chi connectivity index (χ3n) is 3.24. The molecule has 0 spiro atoms. The van der Waals surface area contributed by atoms with Gasteiger partial charge in [0.2, 0.25) is 0 Å². The summed E-state index contributed by atoms with van der Waals surface area (Å²) in [5.41, 5.74) is 0. The highest BCUT2D eigenvalue weighted by molar-refractivity contribution is 7.53. The molecule has 0 saturated carbocycles. The van der Waals surface area contributed by atoms with Gasteiger partial charge < -0.3 is 45.3 Å². The minimum Gasteiger partial charge on any atom is -0.344 e. The van der Waals surface area contributed by atoms with E-state index >= 15 is 0 Å². The second kappa shape index (κ2) is 13.1. The highest BCUT2D eigenvalue weighted by atomic mass is 31.2. The van der Waals surface area contributed by atoms with Crippen LogP contribution in [0.2, 0.25) is 0 Å². The topological polar surface area (TPSA) is 272 Å². The van der Waals surface area contributed by atoms with Crippen LogP contribution in [0.5, 0.6) is 0 Å². The third-order valence-corrected chi connectivity index (χ3v) is 6.31. The molecule has 0 atom stereocenters. The molecule has 0 amide bonds. The minimum atomic E-state index is -4.49. The molecule has 11 N–H and O–H groups in total. The molecule has 0 radical (unpaired) electrons. The summed E-state index contributed by atoms with van der Waals surface area (Å²) in [7, 11) is -18.0. The quantitative estimate of drug-likeness (QED) is 0.103. The van der Waals surface area contributed by atoms with Crippen LogP contribution in [-0.4, -0.2) is 87.2 Å². The molecule has 0 saturated heterocycles. The first-order valence-corrected chi connectivity index (χ1v) is 15.2. The number of rotatable bonds is 15. The average molecular weight is 509 g/mol. The maximum absolute atomic E-state index is 11.0. The Kier molecular flexibility index (Phi) is 14.3. The molecule has 0 aromatic rings. The van der Waals surface area contributed by atoms with Gasteiger partial charge in [-0.3, -0.25) is 28.1 Å². The summed E-state index contributed by atoms with van der Waals surface area (Å²) >= 11 is 0. The molecule has 0 aliphatic heterocycles. The largest absolute Gasteiger partial charge is 0.344 e. The van der Waals surface area contributed by atoms with Crippen molar-refractivity contribution in [1.82, 2.24) is 16.0 Å².